The van der Waals surface area contributed by atoms with Crippen molar-refractivity contribution in [1.29, 1.82) is 0 Å². The van der Waals surface area contributed by atoms with E-state index >= 15 is 0 Å². The Hall–Kier alpha value is -1.01. The van der Waals surface area contributed by atoms with Gasteiger partial charge in [-0.05, 0) is 25.5 Å². The van der Waals surface area contributed by atoms with Crippen molar-refractivity contribution in [2.45, 2.75) is 30.2 Å². The van der Waals surface area contributed by atoms with Crippen molar-refractivity contribution in [3.05, 3.63) is 29.3 Å². The Morgan fingerprint density at radius 3 is 2.50 bits per heavy atom. The van der Waals surface area contributed by atoms with Crippen molar-refractivity contribution < 1.29 is 17.2 Å². The van der Waals surface area contributed by atoms with Crippen LogP contribution in [0.3, 0.4) is 0 Å². The van der Waals surface area contributed by atoms with Crippen LogP contribution in [0, 0.1) is 11.6 Å². The molecule has 1 unspecified atom stereocenters. The zero-order valence-corrected chi connectivity index (χ0v) is 10.9. The summed E-state index contributed by atoms with van der Waals surface area (Å²) in [5, 5.41) is 3.11. The summed E-state index contributed by atoms with van der Waals surface area (Å²) in [6.07, 6.45) is 3.56. The van der Waals surface area contributed by atoms with Gasteiger partial charge in [0.15, 0.2) is 21.5 Å². The number of halogens is 2. The number of hydrogen-bond acceptors (Lipinski definition) is 3. The average Bonchev–Trinajstić information content (AvgIpc) is 2.32. The molecule has 2 rings (SSSR count). The van der Waals surface area contributed by atoms with Crippen LogP contribution < -0.4 is 5.32 Å². The van der Waals surface area contributed by atoms with Crippen molar-refractivity contribution in [2.24, 2.45) is 0 Å². The molecule has 6 heteroatoms. The molecule has 1 N–H and O–H groups in total. The SMILES string of the molecule is CS(=O)(=O)c1ccc(C2CCCCN2)c(F)c1F. The van der Waals surface area contributed by atoms with E-state index in [9.17, 15) is 17.2 Å². The molecule has 1 heterocycles. The van der Waals surface area contributed by atoms with Crippen LogP contribution in [0.5, 0.6) is 0 Å². The Kier molecular flexibility index (Phi) is 3.68. The summed E-state index contributed by atoms with van der Waals surface area (Å²) < 4.78 is 50.2. The van der Waals surface area contributed by atoms with Gasteiger partial charge in [0.05, 0.1) is 0 Å². The van der Waals surface area contributed by atoms with E-state index in [1.54, 1.807) is 0 Å². The number of rotatable bonds is 2. The van der Waals surface area contributed by atoms with Crippen molar-refractivity contribution in [2.75, 3.05) is 12.8 Å². The smallest absolute Gasteiger partial charge is 0.178 e. The van der Waals surface area contributed by atoms with Crippen LogP contribution in [0.25, 0.3) is 0 Å². The fourth-order valence-corrected chi connectivity index (χ4v) is 2.95. The first-order chi connectivity index (χ1) is 8.41. The third-order valence-corrected chi connectivity index (χ3v) is 4.28. The fraction of sp³-hybridized carbons (Fsp3) is 0.500. The van der Waals surface area contributed by atoms with Gasteiger partial charge >= 0.3 is 0 Å². The quantitative estimate of drug-likeness (QED) is 0.900. The van der Waals surface area contributed by atoms with Crippen molar-refractivity contribution in [3.8, 4) is 0 Å². The molecule has 0 saturated carbocycles. The molecule has 18 heavy (non-hydrogen) atoms. The van der Waals surface area contributed by atoms with Gasteiger partial charge in [0.2, 0.25) is 0 Å². The Labute approximate surface area is 105 Å². The summed E-state index contributed by atoms with van der Waals surface area (Å²) in [4.78, 5) is -0.584. The van der Waals surface area contributed by atoms with Gasteiger partial charge in [-0.1, -0.05) is 12.5 Å². The number of piperidine rings is 1. The minimum absolute atomic E-state index is 0.208. The Morgan fingerprint density at radius 1 is 1.22 bits per heavy atom. The van der Waals surface area contributed by atoms with E-state index in [1.807, 2.05) is 0 Å². The Bertz CT molecular complexity index is 551. The molecule has 0 amide bonds. The molecule has 0 aromatic heterocycles. The lowest BCUT2D eigenvalue weighted by molar-refractivity contribution is 0.388. The van der Waals surface area contributed by atoms with Crippen molar-refractivity contribution in [1.82, 2.24) is 5.32 Å². The van der Waals surface area contributed by atoms with E-state index in [-0.39, 0.29) is 11.6 Å². The molecule has 0 bridgehead atoms. The highest BCUT2D eigenvalue weighted by atomic mass is 32.2. The molecule has 0 radical (unpaired) electrons. The number of benzene rings is 1. The van der Waals surface area contributed by atoms with E-state index < -0.39 is 26.4 Å². The second-order valence-electron chi connectivity index (χ2n) is 4.56. The molecule has 0 aliphatic carbocycles. The van der Waals surface area contributed by atoms with E-state index in [1.165, 1.54) is 6.07 Å². The van der Waals surface area contributed by atoms with Crippen LogP contribution >= 0.6 is 0 Å². The largest absolute Gasteiger partial charge is 0.310 e. The maximum atomic E-state index is 13.9. The summed E-state index contributed by atoms with van der Waals surface area (Å²) in [6.45, 7) is 0.763. The summed E-state index contributed by atoms with van der Waals surface area (Å²) in [7, 11) is -3.74. The van der Waals surface area contributed by atoms with Gasteiger partial charge in [0, 0.05) is 17.9 Å². The highest BCUT2D eigenvalue weighted by Gasteiger charge is 2.24. The highest BCUT2D eigenvalue weighted by molar-refractivity contribution is 7.90. The lowest BCUT2D eigenvalue weighted by Crippen LogP contribution is -2.28. The summed E-state index contributed by atoms with van der Waals surface area (Å²) in [5.41, 5.74) is 0.208. The van der Waals surface area contributed by atoms with Crippen LogP contribution in [0.15, 0.2) is 17.0 Å². The third kappa shape index (κ3) is 2.54. The molecule has 1 aliphatic heterocycles. The zero-order chi connectivity index (χ0) is 13.3. The van der Waals surface area contributed by atoms with Crippen molar-refractivity contribution in [3.63, 3.8) is 0 Å². The minimum Gasteiger partial charge on any atom is -0.310 e. The van der Waals surface area contributed by atoms with Crippen LogP contribution in [-0.2, 0) is 9.84 Å². The maximum absolute atomic E-state index is 13.9. The normalized spacial score (nSPS) is 20.9. The van der Waals surface area contributed by atoms with Gasteiger partial charge in [-0.15, -0.1) is 0 Å². The van der Waals surface area contributed by atoms with Gasteiger partial charge in [0.1, 0.15) is 4.90 Å². The van der Waals surface area contributed by atoms with Gasteiger partial charge in [-0.25, -0.2) is 17.2 Å². The molecule has 1 atom stereocenters. The predicted molar refractivity (Wildman–Crippen MR) is 64.1 cm³/mol. The molecular weight excluding hydrogens is 260 g/mol. The molecule has 1 saturated heterocycles. The first-order valence-electron chi connectivity index (χ1n) is 5.82. The number of nitrogens with one attached hydrogen (secondary N) is 1. The third-order valence-electron chi connectivity index (χ3n) is 3.16. The molecule has 3 nitrogen and oxygen atoms in total. The van der Waals surface area contributed by atoms with Crippen LogP contribution in [0.1, 0.15) is 30.9 Å². The molecular formula is C12H15F2NO2S. The van der Waals surface area contributed by atoms with Gasteiger partial charge in [0.25, 0.3) is 0 Å². The van der Waals surface area contributed by atoms with Crippen LogP contribution in [-0.4, -0.2) is 21.2 Å². The zero-order valence-electron chi connectivity index (χ0n) is 10.0. The molecule has 1 aromatic rings. The summed E-state index contributed by atoms with van der Waals surface area (Å²) >= 11 is 0. The summed E-state index contributed by atoms with van der Waals surface area (Å²) in [5.74, 6) is -2.33. The molecule has 1 aliphatic rings. The van der Waals surface area contributed by atoms with Crippen LogP contribution in [0.4, 0.5) is 8.78 Å². The van der Waals surface area contributed by atoms with E-state index in [0.717, 1.165) is 38.1 Å². The molecule has 0 spiro atoms. The van der Waals surface area contributed by atoms with Crippen molar-refractivity contribution >= 4 is 9.84 Å². The lowest BCUT2D eigenvalue weighted by Gasteiger charge is -2.24. The molecule has 1 aromatic carbocycles. The highest BCUT2D eigenvalue weighted by Crippen LogP contribution is 2.29. The molecule has 1 fully saturated rings. The number of sulfone groups is 1. The van der Waals surface area contributed by atoms with Gasteiger partial charge in [-0.3, -0.25) is 0 Å². The summed E-state index contributed by atoms with van der Waals surface area (Å²) in [6, 6.07) is 2.26. The molecule has 100 valence electrons. The topological polar surface area (TPSA) is 46.2 Å². The fourth-order valence-electron chi connectivity index (χ4n) is 2.22. The average molecular weight is 275 g/mol. The Morgan fingerprint density at radius 2 is 1.94 bits per heavy atom. The minimum atomic E-state index is -3.74. The van der Waals surface area contributed by atoms with Crippen LogP contribution in [0.2, 0.25) is 0 Å². The predicted octanol–water partition coefficient (Wildman–Crippen LogP) is 2.18. The standard InChI is InChI=1S/C12H15F2NO2S/c1-18(16,17)10-6-5-8(11(13)12(10)14)9-4-2-3-7-15-9/h5-6,9,15H,2-4,7H2,1H3. The van der Waals surface area contributed by atoms with E-state index in [4.69, 9.17) is 0 Å². The lowest BCUT2D eigenvalue weighted by atomic mass is 9.97. The Balaban J connectivity index is 2.43. The van der Waals surface area contributed by atoms with E-state index in [2.05, 4.69) is 5.32 Å². The monoisotopic (exact) mass is 275 g/mol. The maximum Gasteiger partial charge on any atom is 0.178 e. The van der Waals surface area contributed by atoms with Gasteiger partial charge in [-0.2, -0.15) is 0 Å². The first kappa shape index (κ1) is 13.4. The second-order valence-corrected chi connectivity index (χ2v) is 6.54. The first-order valence-corrected chi connectivity index (χ1v) is 7.71. The number of hydrogen-bond donors (Lipinski definition) is 1. The van der Waals surface area contributed by atoms with E-state index in [0.29, 0.717) is 0 Å². The van der Waals surface area contributed by atoms with Gasteiger partial charge < -0.3 is 5.32 Å². The second kappa shape index (κ2) is 4.93.